The van der Waals surface area contributed by atoms with Crippen LogP contribution >= 0.6 is 11.8 Å². The highest BCUT2D eigenvalue weighted by Crippen LogP contribution is 2.21. The maximum atomic E-state index is 5.47. The van der Waals surface area contributed by atoms with E-state index in [4.69, 9.17) is 6.42 Å². The average Bonchev–Trinajstić information content (AvgIpc) is 2.71. The molecule has 0 aliphatic rings. The fourth-order valence-electron chi connectivity index (χ4n) is 1.35. The lowest BCUT2D eigenvalue weighted by molar-refractivity contribution is 0.511. The zero-order valence-corrected chi connectivity index (χ0v) is 9.29. The molecule has 74 valence electrons. The van der Waals surface area contributed by atoms with Gasteiger partial charge in [-0.2, -0.15) is 5.10 Å². The molecule has 0 saturated heterocycles. The van der Waals surface area contributed by atoms with Crippen LogP contribution in [0.1, 0.15) is 19.4 Å². The van der Waals surface area contributed by atoms with E-state index in [1.165, 1.54) is 0 Å². The second kappa shape index (κ2) is 5.56. The fraction of sp³-hybridized carbons (Fsp3) is 0.364. The summed E-state index contributed by atoms with van der Waals surface area (Å²) in [6.07, 6.45) is 12.2. The summed E-state index contributed by atoms with van der Waals surface area (Å²) in [5.41, 5.74) is 0.990. The second-order valence-corrected chi connectivity index (χ2v) is 3.57. The van der Waals surface area contributed by atoms with Crippen molar-refractivity contribution >= 4 is 11.8 Å². The van der Waals surface area contributed by atoms with Crippen molar-refractivity contribution in [2.45, 2.75) is 19.4 Å². The number of terminal acetylenes is 1. The SMILES string of the molecule is C#C/C(=C\SC)C(CC)n1cccn1. The highest BCUT2D eigenvalue weighted by atomic mass is 32.2. The van der Waals surface area contributed by atoms with Gasteiger partial charge in [0.05, 0.1) is 6.04 Å². The quantitative estimate of drug-likeness (QED) is 0.705. The highest BCUT2D eigenvalue weighted by Gasteiger charge is 2.12. The van der Waals surface area contributed by atoms with E-state index in [9.17, 15) is 0 Å². The number of nitrogens with zero attached hydrogens (tertiary/aromatic N) is 2. The van der Waals surface area contributed by atoms with Gasteiger partial charge in [0.25, 0.3) is 0 Å². The van der Waals surface area contributed by atoms with E-state index in [-0.39, 0.29) is 6.04 Å². The van der Waals surface area contributed by atoms with Crippen molar-refractivity contribution < 1.29 is 0 Å². The molecule has 0 amide bonds. The van der Waals surface area contributed by atoms with Gasteiger partial charge in [-0.05, 0) is 24.2 Å². The molecule has 1 rings (SSSR count). The predicted molar refractivity (Wildman–Crippen MR) is 62.0 cm³/mol. The third kappa shape index (κ3) is 2.43. The minimum absolute atomic E-state index is 0.197. The lowest BCUT2D eigenvalue weighted by Gasteiger charge is -2.15. The smallest absolute Gasteiger partial charge is 0.0848 e. The van der Waals surface area contributed by atoms with Crippen LogP contribution in [0.5, 0.6) is 0 Å². The molecule has 1 atom stereocenters. The summed E-state index contributed by atoms with van der Waals surface area (Å²) in [5.74, 6) is 2.72. The van der Waals surface area contributed by atoms with Crippen molar-refractivity contribution in [3.05, 3.63) is 29.4 Å². The molecule has 0 N–H and O–H groups in total. The van der Waals surface area contributed by atoms with Crippen molar-refractivity contribution in [3.8, 4) is 12.3 Å². The molecule has 0 radical (unpaired) electrons. The van der Waals surface area contributed by atoms with Crippen LogP contribution in [0.3, 0.4) is 0 Å². The molecule has 1 aromatic rings. The van der Waals surface area contributed by atoms with E-state index in [1.807, 2.05) is 28.6 Å². The predicted octanol–water partition coefficient (Wildman–Crippen LogP) is 2.71. The number of thioether (sulfide) groups is 1. The van der Waals surface area contributed by atoms with E-state index in [2.05, 4.69) is 17.9 Å². The molecule has 3 heteroatoms. The van der Waals surface area contributed by atoms with Gasteiger partial charge < -0.3 is 0 Å². The Balaban J connectivity index is 2.92. The van der Waals surface area contributed by atoms with Crippen LogP contribution in [0.2, 0.25) is 0 Å². The van der Waals surface area contributed by atoms with Crippen LogP contribution in [-0.2, 0) is 0 Å². The van der Waals surface area contributed by atoms with Crippen LogP contribution < -0.4 is 0 Å². The van der Waals surface area contributed by atoms with E-state index < -0.39 is 0 Å². The van der Waals surface area contributed by atoms with Gasteiger partial charge >= 0.3 is 0 Å². The molecule has 0 aromatic carbocycles. The van der Waals surface area contributed by atoms with Gasteiger partial charge in [0, 0.05) is 18.0 Å². The van der Waals surface area contributed by atoms with Crippen LogP contribution in [0.4, 0.5) is 0 Å². The van der Waals surface area contributed by atoms with Gasteiger partial charge in [0.1, 0.15) is 0 Å². The Morgan fingerprint density at radius 3 is 3.00 bits per heavy atom. The Labute approximate surface area is 89.4 Å². The van der Waals surface area contributed by atoms with Gasteiger partial charge in [-0.1, -0.05) is 12.8 Å². The van der Waals surface area contributed by atoms with Gasteiger partial charge in [0.2, 0.25) is 0 Å². The van der Waals surface area contributed by atoms with Crippen LogP contribution in [0.15, 0.2) is 29.4 Å². The molecule has 0 bridgehead atoms. The Hall–Kier alpha value is -1.14. The maximum Gasteiger partial charge on any atom is 0.0848 e. The molecular formula is C11H14N2S. The molecule has 0 aliphatic heterocycles. The monoisotopic (exact) mass is 206 g/mol. The van der Waals surface area contributed by atoms with E-state index in [0.717, 1.165) is 12.0 Å². The number of allylic oxidation sites excluding steroid dienone is 1. The van der Waals surface area contributed by atoms with Crippen LogP contribution in [0, 0.1) is 12.3 Å². The number of rotatable bonds is 4. The first kappa shape index (κ1) is 10.9. The summed E-state index contributed by atoms with van der Waals surface area (Å²) in [7, 11) is 0. The Kier molecular flexibility index (Phi) is 4.34. The van der Waals surface area contributed by atoms with Crippen LogP contribution in [-0.4, -0.2) is 16.0 Å². The average molecular weight is 206 g/mol. The molecule has 0 saturated carbocycles. The third-order valence-corrected chi connectivity index (χ3v) is 2.49. The molecule has 2 nitrogen and oxygen atoms in total. The Morgan fingerprint density at radius 2 is 2.57 bits per heavy atom. The molecule has 0 aliphatic carbocycles. The zero-order chi connectivity index (χ0) is 10.4. The van der Waals surface area contributed by atoms with E-state index in [1.54, 1.807) is 18.0 Å². The molecule has 1 aromatic heterocycles. The zero-order valence-electron chi connectivity index (χ0n) is 8.47. The van der Waals surface area contributed by atoms with Gasteiger partial charge in [-0.3, -0.25) is 4.68 Å². The van der Waals surface area contributed by atoms with Crippen LogP contribution in [0.25, 0.3) is 0 Å². The number of hydrogen-bond acceptors (Lipinski definition) is 2. The molecule has 0 fully saturated rings. The largest absolute Gasteiger partial charge is 0.265 e. The van der Waals surface area contributed by atoms with Gasteiger partial charge in [0.15, 0.2) is 0 Å². The molecule has 1 unspecified atom stereocenters. The number of hydrogen-bond donors (Lipinski definition) is 0. The first-order chi connectivity index (χ1) is 6.83. The Morgan fingerprint density at radius 1 is 1.79 bits per heavy atom. The van der Waals surface area contributed by atoms with Crippen molar-refractivity contribution in [1.82, 2.24) is 9.78 Å². The highest BCUT2D eigenvalue weighted by molar-refractivity contribution is 8.01. The lowest BCUT2D eigenvalue weighted by atomic mass is 10.1. The fourth-order valence-corrected chi connectivity index (χ4v) is 1.83. The summed E-state index contributed by atoms with van der Waals surface area (Å²) in [5, 5.41) is 6.22. The first-order valence-corrected chi connectivity index (χ1v) is 5.80. The Bertz CT molecular complexity index is 333. The van der Waals surface area contributed by atoms with Crippen molar-refractivity contribution in [1.29, 1.82) is 0 Å². The van der Waals surface area contributed by atoms with Crippen molar-refractivity contribution in [3.63, 3.8) is 0 Å². The summed E-state index contributed by atoms with van der Waals surface area (Å²) in [4.78, 5) is 0. The van der Waals surface area contributed by atoms with Gasteiger partial charge in [-0.15, -0.1) is 18.2 Å². The molecule has 0 spiro atoms. The van der Waals surface area contributed by atoms with Gasteiger partial charge in [-0.25, -0.2) is 0 Å². The normalized spacial score (nSPS) is 13.6. The lowest BCUT2D eigenvalue weighted by Crippen LogP contribution is -2.10. The summed E-state index contributed by atoms with van der Waals surface area (Å²) in [6.45, 7) is 2.11. The van der Waals surface area contributed by atoms with E-state index in [0.29, 0.717) is 0 Å². The third-order valence-electron chi connectivity index (χ3n) is 2.00. The summed E-state index contributed by atoms with van der Waals surface area (Å²) < 4.78 is 1.90. The first-order valence-electron chi connectivity index (χ1n) is 4.52. The standard InChI is InChI=1S/C11H14N2S/c1-4-10(9-14-3)11(5-2)13-8-6-7-12-13/h1,6-9,11H,5H2,2-3H3/b10-9+. The summed E-state index contributed by atoms with van der Waals surface area (Å²) >= 11 is 1.63. The van der Waals surface area contributed by atoms with Crippen molar-refractivity contribution in [2.75, 3.05) is 6.26 Å². The second-order valence-electron chi connectivity index (χ2n) is 2.86. The minimum Gasteiger partial charge on any atom is -0.265 e. The van der Waals surface area contributed by atoms with Crippen molar-refractivity contribution in [2.24, 2.45) is 0 Å². The number of aromatic nitrogens is 2. The molecule has 1 heterocycles. The molecular weight excluding hydrogens is 192 g/mol. The minimum atomic E-state index is 0.197. The summed E-state index contributed by atoms with van der Waals surface area (Å²) in [6, 6.07) is 2.11. The van der Waals surface area contributed by atoms with E-state index >= 15 is 0 Å². The topological polar surface area (TPSA) is 17.8 Å². The molecule has 14 heavy (non-hydrogen) atoms. The maximum absolute atomic E-state index is 5.47.